The molecule has 1 unspecified atom stereocenters. The number of ether oxygens (including phenoxy) is 1. The van der Waals surface area contributed by atoms with E-state index in [-0.39, 0.29) is 6.10 Å². The molecule has 4 rings (SSSR count). The Bertz CT molecular complexity index is 768. The summed E-state index contributed by atoms with van der Waals surface area (Å²) in [6.07, 6.45) is 10.3. The van der Waals surface area contributed by atoms with Gasteiger partial charge in [0.15, 0.2) is 0 Å². The fraction of sp³-hybridized carbons (Fsp3) is 0.789. The molecule has 1 aliphatic carbocycles. The molecule has 3 atom stereocenters. The topological polar surface area (TPSA) is 75.6 Å². The number of sulfonamides is 1. The minimum Gasteiger partial charge on any atom is -0.377 e. The van der Waals surface area contributed by atoms with Crippen molar-refractivity contribution < 1.29 is 13.2 Å². The van der Waals surface area contributed by atoms with E-state index in [2.05, 4.69) is 14.9 Å². The molecular formula is C19H29ClN4O3S. The van der Waals surface area contributed by atoms with Crippen LogP contribution in [-0.4, -0.2) is 67.8 Å². The van der Waals surface area contributed by atoms with Crippen LogP contribution in [0.15, 0.2) is 12.4 Å². The highest BCUT2D eigenvalue weighted by molar-refractivity contribution is 7.88. The third kappa shape index (κ3) is 4.96. The zero-order valence-corrected chi connectivity index (χ0v) is 17.9. The van der Waals surface area contributed by atoms with Crippen molar-refractivity contribution in [1.29, 1.82) is 0 Å². The molecule has 7 nitrogen and oxygen atoms in total. The van der Waals surface area contributed by atoms with E-state index < -0.39 is 10.0 Å². The van der Waals surface area contributed by atoms with Crippen molar-refractivity contribution >= 4 is 27.6 Å². The normalized spacial score (nSPS) is 29.4. The highest BCUT2D eigenvalue weighted by Crippen LogP contribution is 2.49. The van der Waals surface area contributed by atoms with Crippen LogP contribution in [0.3, 0.4) is 0 Å². The second-order valence-electron chi connectivity index (χ2n) is 8.38. The van der Waals surface area contributed by atoms with Crippen molar-refractivity contribution in [1.82, 2.24) is 14.3 Å². The molecule has 156 valence electrons. The standard InChI is InChI=1S/C19H29ClN4O3S/c1-28(25,26)24-8-4-17(13-24)27-9-5-15-10-18(15)14-2-6-23(7-3-14)19-21-11-16(20)12-22-19/h11-12,14-15,17-18H,2-10,13H2,1H3/t15-,17?,18-/m1/s1. The number of piperidine rings is 1. The maximum Gasteiger partial charge on any atom is 0.225 e. The maximum atomic E-state index is 11.6. The first-order valence-corrected chi connectivity index (χ1v) is 12.4. The molecule has 0 aromatic carbocycles. The fourth-order valence-corrected chi connectivity index (χ4v) is 5.67. The molecule has 2 saturated heterocycles. The summed E-state index contributed by atoms with van der Waals surface area (Å²) in [5.41, 5.74) is 0. The predicted molar refractivity (Wildman–Crippen MR) is 109 cm³/mol. The van der Waals surface area contributed by atoms with Crippen molar-refractivity contribution in [2.24, 2.45) is 17.8 Å². The quantitative estimate of drug-likeness (QED) is 0.663. The first kappa shape index (κ1) is 20.3. The minimum absolute atomic E-state index is 0.0644. The molecule has 1 aromatic rings. The average Bonchev–Trinajstić information content (AvgIpc) is 3.27. The van der Waals surface area contributed by atoms with E-state index in [1.54, 1.807) is 12.4 Å². The summed E-state index contributed by atoms with van der Waals surface area (Å²) >= 11 is 5.87. The molecule has 28 heavy (non-hydrogen) atoms. The third-order valence-electron chi connectivity index (χ3n) is 6.43. The summed E-state index contributed by atoms with van der Waals surface area (Å²) in [6.45, 7) is 3.87. The van der Waals surface area contributed by atoms with Gasteiger partial charge in [0.05, 0.1) is 29.8 Å². The van der Waals surface area contributed by atoms with E-state index >= 15 is 0 Å². The van der Waals surface area contributed by atoms with Crippen molar-refractivity contribution in [3.63, 3.8) is 0 Å². The fourth-order valence-electron chi connectivity index (χ4n) is 4.70. The van der Waals surface area contributed by atoms with Gasteiger partial charge >= 0.3 is 0 Å². The van der Waals surface area contributed by atoms with Crippen molar-refractivity contribution in [3.8, 4) is 0 Å². The molecule has 3 fully saturated rings. The molecule has 0 bridgehead atoms. The van der Waals surface area contributed by atoms with Crippen LogP contribution in [0.25, 0.3) is 0 Å². The van der Waals surface area contributed by atoms with E-state index in [9.17, 15) is 8.42 Å². The summed E-state index contributed by atoms with van der Waals surface area (Å²) < 4.78 is 30.6. The number of halogens is 1. The molecule has 0 N–H and O–H groups in total. The zero-order chi connectivity index (χ0) is 19.7. The Morgan fingerprint density at radius 3 is 2.54 bits per heavy atom. The molecule has 0 amide bonds. The van der Waals surface area contributed by atoms with Gasteiger partial charge in [-0.2, -0.15) is 4.31 Å². The lowest BCUT2D eigenvalue weighted by atomic mass is 9.90. The lowest BCUT2D eigenvalue weighted by molar-refractivity contribution is 0.0582. The largest absolute Gasteiger partial charge is 0.377 e. The first-order valence-electron chi connectivity index (χ1n) is 10.2. The number of hydrogen-bond acceptors (Lipinski definition) is 6. The van der Waals surface area contributed by atoms with Gasteiger partial charge in [0.25, 0.3) is 0 Å². The van der Waals surface area contributed by atoms with Gasteiger partial charge < -0.3 is 9.64 Å². The molecule has 1 saturated carbocycles. The van der Waals surface area contributed by atoms with Gasteiger partial charge in [-0.1, -0.05) is 11.6 Å². The average molecular weight is 429 g/mol. The van der Waals surface area contributed by atoms with Crippen LogP contribution in [0, 0.1) is 17.8 Å². The number of hydrogen-bond donors (Lipinski definition) is 0. The monoisotopic (exact) mass is 428 g/mol. The Labute approximate surface area is 172 Å². The number of nitrogens with zero attached hydrogens (tertiary/aromatic N) is 4. The van der Waals surface area contributed by atoms with Gasteiger partial charge in [0, 0.05) is 32.8 Å². The SMILES string of the molecule is CS(=O)(=O)N1CCC(OCC[C@@H]2C[C@@H]2C2CCN(c3ncc(Cl)cn3)CC2)C1. The lowest BCUT2D eigenvalue weighted by Crippen LogP contribution is -2.35. The third-order valence-corrected chi connectivity index (χ3v) is 7.90. The molecule has 0 spiro atoms. The van der Waals surface area contributed by atoms with Crippen LogP contribution < -0.4 is 4.90 Å². The molecular weight excluding hydrogens is 400 g/mol. The number of anilines is 1. The Morgan fingerprint density at radius 1 is 1.18 bits per heavy atom. The Balaban J connectivity index is 1.14. The maximum absolute atomic E-state index is 11.6. The van der Waals surface area contributed by atoms with E-state index in [0.717, 1.165) is 56.2 Å². The Kier molecular flexibility index (Phi) is 6.11. The van der Waals surface area contributed by atoms with Crippen molar-refractivity contribution in [2.75, 3.05) is 43.9 Å². The summed E-state index contributed by atoms with van der Waals surface area (Å²) in [7, 11) is -3.08. The van der Waals surface area contributed by atoms with Crippen LogP contribution in [0.5, 0.6) is 0 Å². The van der Waals surface area contributed by atoms with Gasteiger partial charge in [0.1, 0.15) is 0 Å². The van der Waals surface area contributed by atoms with Gasteiger partial charge in [-0.15, -0.1) is 0 Å². The van der Waals surface area contributed by atoms with Crippen LogP contribution in [0.4, 0.5) is 5.95 Å². The molecule has 9 heteroatoms. The minimum atomic E-state index is -3.08. The van der Waals surface area contributed by atoms with Crippen molar-refractivity contribution in [3.05, 3.63) is 17.4 Å². The Morgan fingerprint density at radius 2 is 1.89 bits per heavy atom. The molecule has 3 heterocycles. The second-order valence-corrected chi connectivity index (χ2v) is 10.8. The van der Waals surface area contributed by atoms with Crippen LogP contribution in [0.1, 0.15) is 32.1 Å². The molecule has 1 aromatic heterocycles. The van der Waals surface area contributed by atoms with Gasteiger partial charge in [-0.25, -0.2) is 18.4 Å². The summed E-state index contributed by atoms with van der Waals surface area (Å²) in [4.78, 5) is 10.9. The van der Waals surface area contributed by atoms with Crippen LogP contribution in [0.2, 0.25) is 5.02 Å². The predicted octanol–water partition coefficient (Wildman–Crippen LogP) is 2.42. The molecule has 3 aliphatic rings. The molecule has 0 radical (unpaired) electrons. The van der Waals surface area contributed by atoms with Gasteiger partial charge in [-0.3, -0.25) is 0 Å². The van der Waals surface area contributed by atoms with Crippen molar-refractivity contribution in [2.45, 2.75) is 38.2 Å². The van der Waals surface area contributed by atoms with Gasteiger partial charge in [-0.05, 0) is 49.9 Å². The second kappa shape index (κ2) is 8.42. The smallest absolute Gasteiger partial charge is 0.225 e. The van der Waals surface area contributed by atoms with Crippen LogP contribution in [-0.2, 0) is 14.8 Å². The van der Waals surface area contributed by atoms with Crippen LogP contribution >= 0.6 is 11.6 Å². The zero-order valence-electron chi connectivity index (χ0n) is 16.3. The summed E-state index contributed by atoms with van der Waals surface area (Å²) in [6, 6.07) is 0. The summed E-state index contributed by atoms with van der Waals surface area (Å²) in [5.74, 6) is 3.17. The summed E-state index contributed by atoms with van der Waals surface area (Å²) in [5, 5.41) is 0.573. The highest BCUT2D eigenvalue weighted by atomic mass is 35.5. The van der Waals surface area contributed by atoms with E-state index in [1.165, 1.54) is 29.8 Å². The number of aromatic nitrogens is 2. The Hall–Kier alpha value is -0.960. The van der Waals surface area contributed by atoms with Gasteiger partial charge in [0.2, 0.25) is 16.0 Å². The molecule has 2 aliphatic heterocycles. The lowest BCUT2D eigenvalue weighted by Gasteiger charge is -2.32. The first-order chi connectivity index (χ1) is 13.4. The number of rotatable bonds is 7. The van der Waals surface area contributed by atoms with E-state index in [4.69, 9.17) is 16.3 Å². The van der Waals surface area contributed by atoms with E-state index in [0.29, 0.717) is 18.1 Å². The highest BCUT2D eigenvalue weighted by Gasteiger charge is 2.43. The van der Waals surface area contributed by atoms with E-state index in [1.807, 2.05) is 0 Å².